The maximum atomic E-state index is 12.3. The molecular weight excluding hydrogens is 268 g/mol. The molecule has 0 radical (unpaired) electrons. The van der Waals surface area contributed by atoms with Gasteiger partial charge in [0.2, 0.25) is 0 Å². The van der Waals surface area contributed by atoms with E-state index in [4.69, 9.17) is 9.15 Å². The van der Waals surface area contributed by atoms with E-state index >= 15 is 0 Å². The Hall–Kier alpha value is -1.33. The van der Waals surface area contributed by atoms with Crippen LogP contribution in [0.3, 0.4) is 0 Å². The van der Waals surface area contributed by atoms with Crippen molar-refractivity contribution < 1.29 is 13.9 Å². The molecule has 5 nitrogen and oxygen atoms in total. The summed E-state index contributed by atoms with van der Waals surface area (Å²) < 4.78 is 10.4. The van der Waals surface area contributed by atoms with E-state index in [0.29, 0.717) is 11.5 Å². The molecule has 0 N–H and O–H groups in total. The van der Waals surface area contributed by atoms with Gasteiger partial charge in [0.05, 0.1) is 25.0 Å². The van der Waals surface area contributed by atoms with E-state index in [1.807, 2.05) is 4.90 Å². The summed E-state index contributed by atoms with van der Waals surface area (Å²) in [5, 5.41) is 0. The Labute approximate surface area is 125 Å². The van der Waals surface area contributed by atoms with E-state index in [1.165, 1.54) is 6.42 Å². The van der Waals surface area contributed by atoms with E-state index in [2.05, 4.69) is 4.90 Å². The summed E-state index contributed by atoms with van der Waals surface area (Å²) in [6, 6.07) is 1.75. The van der Waals surface area contributed by atoms with Gasteiger partial charge in [-0.1, -0.05) is 0 Å². The quantitative estimate of drug-likeness (QED) is 0.853. The van der Waals surface area contributed by atoms with Gasteiger partial charge >= 0.3 is 0 Å². The summed E-state index contributed by atoms with van der Waals surface area (Å²) in [7, 11) is 0. The first-order valence-corrected chi connectivity index (χ1v) is 7.94. The van der Waals surface area contributed by atoms with Crippen LogP contribution in [0.5, 0.6) is 0 Å². The molecule has 1 unspecified atom stereocenters. The van der Waals surface area contributed by atoms with Crippen LogP contribution in [0.15, 0.2) is 23.0 Å². The second-order valence-corrected chi connectivity index (χ2v) is 6.01. The molecule has 3 rings (SSSR count). The minimum Gasteiger partial charge on any atom is -0.472 e. The standard InChI is InChI=1S/C16H24N2O3/c19-16(15-4-9-21-13-15)18-5-1-2-14(3-6-18)12-17-7-10-20-11-8-17/h4,9,13-14H,1-3,5-8,10-12H2. The zero-order valence-corrected chi connectivity index (χ0v) is 12.5. The molecule has 0 spiro atoms. The average Bonchev–Trinajstić information content (AvgIpc) is 2.95. The number of likely N-dealkylation sites (tertiary alicyclic amines) is 1. The van der Waals surface area contributed by atoms with Gasteiger partial charge in [0.15, 0.2) is 0 Å². The van der Waals surface area contributed by atoms with Crippen LogP contribution >= 0.6 is 0 Å². The smallest absolute Gasteiger partial charge is 0.257 e. The van der Waals surface area contributed by atoms with Crippen LogP contribution in [0.2, 0.25) is 0 Å². The van der Waals surface area contributed by atoms with Crippen LogP contribution in [0, 0.1) is 5.92 Å². The predicted molar refractivity (Wildman–Crippen MR) is 79.2 cm³/mol. The summed E-state index contributed by atoms with van der Waals surface area (Å²) >= 11 is 0. The molecule has 5 heteroatoms. The van der Waals surface area contributed by atoms with E-state index in [0.717, 1.165) is 58.8 Å². The summed E-state index contributed by atoms with van der Waals surface area (Å²) in [6.45, 7) is 6.69. The molecule has 2 aliphatic rings. The van der Waals surface area contributed by atoms with Gasteiger partial charge < -0.3 is 14.1 Å². The third-order valence-electron chi connectivity index (χ3n) is 4.52. The summed E-state index contributed by atoms with van der Waals surface area (Å²) in [5.74, 6) is 0.807. The average molecular weight is 292 g/mol. The van der Waals surface area contributed by atoms with Crippen molar-refractivity contribution in [1.82, 2.24) is 9.80 Å². The fourth-order valence-corrected chi connectivity index (χ4v) is 3.27. The highest BCUT2D eigenvalue weighted by Crippen LogP contribution is 2.20. The maximum absolute atomic E-state index is 12.3. The second kappa shape index (κ2) is 7.09. The Morgan fingerprint density at radius 3 is 2.81 bits per heavy atom. The number of carbonyl (C=O) groups is 1. The second-order valence-electron chi connectivity index (χ2n) is 6.01. The molecule has 0 aromatic carbocycles. The molecule has 3 heterocycles. The minimum atomic E-state index is 0.107. The van der Waals surface area contributed by atoms with Gasteiger partial charge in [0.25, 0.3) is 5.91 Å². The lowest BCUT2D eigenvalue weighted by Gasteiger charge is -2.30. The van der Waals surface area contributed by atoms with E-state index in [-0.39, 0.29) is 5.91 Å². The number of amides is 1. The number of hydrogen-bond acceptors (Lipinski definition) is 4. The normalized spacial score (nSPS) is 24.8. The fraction of sp³-hybridized carbons (Fsp3) is 0.688. The number of nitrogens with zero attached hydrogens (tertiary/aromatic N) is 2. The van der Waals surface area contributed by atoms with Crippen LogP contribution in [0.1, 0.15) is 29.6 Å². The predicted octanol–water partition coefficient (Wildman–Crippen LogP) is 1.85. The molecule has 0 aliphatic carbocycles. The SMILES string of the molecule is O=C(c1ccoc1)N1CCCC(CN2CCOCC2)CC1. The molecule has 2 fully saturated rings. The molecule has 21 heavy (non-hydrogen) atoms. The van der Waals surface area contributed by atoms with Gasteiger partial charge in [0.1, 0.15) is 6.26 Å². The van der Waals surface area contributed by atoms with Crippen molar-refractivity contribution in [1.29, 1.82) is 0 Å². The monoisotopic (exact) mass is 292 g/mol. The summed E-state index contributed by atoms with van der Waals surface area (Å²) in [6.07, 6.45) is 6.51. The zero-order chi connectivity index (χ0) is 14.5. The first kappa shape index (κ1) is 14.6. The van der Waals surface area contributed by atoms with Gasteiger partial charge in [-0.2, -0.15) is 0 Å². The van der Waals surface area contributed by atoms with Crippen LogP contribution in [-0.2, 0) is 4.74 Å². The van der Waals surface area contributed by atoms with Gasteiger partial charge in [0, 0.05) is 32.7 Å². The Balaban J connectivity index is 1.50. The number of furan rings is 1. The Kier molecular flexibility index (Phi) is 4.93. The molecule has 2 aliphatic heterocycles. The van der Waals surface area contributed by atoms with Crippen LogP contribution in [0.25, 0.3) is 0 Å². The largest absolute Gasteiger partial charge is 0.472 e. The zero-order valence-electron chi connectivity index (χ0n) is 12.5. The van der Waals surface area contributed by atoms with E-state index < -0.39 is 0 Å². The number of ether oxygens (including phenoxy) is 1. The van der Waals surface area contributed by atoms with Gasteiger partial charge in [-0.3, -0.25) is 9.69 Å². The van der Waals surface area contributed by atoms with Gasteiger partial charge in [-0.15, -0.1) is 0 Å². The molecule has 1 amide bonds. The van der Waals surface area contributed by atoms with Crippen molar-refractivity contribution in [2.45, 2.75) is 19.3 Å². The van der Waals surface area contributed by atoms with Gasteiger partial charge in [-0.05, 0) is 31.2 Å². The highest BCUT2D eigenvalue weighted by atomic mass is 16.5. The topological polar surface area (TPSA) is 45.9 Å². The van der Waals surface area contributed by atoms with Crippen molar-refractivity contribution in [2.24, 2.45) is 5.92 Å². The fourth-order valence-electron chi connectivity index (χ4n) is 3.27. The first-order chi connectivity index (χ1) is 10.3. The highest BCUT2D eigenvalue weighted by Gasteiger charge is 2.24. The maximum Gasteiger partial charge on any atom is 0.257 e. The van der Waals surface area contributed by atoms with Crippen molar-refractivity contribution in [3.05, 3.63) is 24.2 Å². The van der Waals surface area contributed by atoms with Crippen molar-refractivity contribution in [3.8, 4) is 0 Å². The molecule has 0 saturated carbocycles. The Morgan fingerprint density at radius 1 is 1.19 bits per heavy atom. The van der Waals surface area contributed by atoms with Crippen LogP contribution < -0.4 is 0 Å². The van der Waals surface area contributed by atoms with Crippen LogP contribution in [0.4, 0.5) is 0 Å². The minimum absolute atomic E-state index is 0.107. The number of carbonyl (C=O) groups excluding carboxylic acids is 1. The lowest BCUT2D eigenvalue weighted by Crippen LogP contribution is -2.39. The summed E-state index contributed by atoms with van der Waals surface area (Å²) in [4.78, 5) is 16.8. The number of rotatable bonds is 3. The number of morpholine rings is 1. The van der Waals surface area contributed by atoms with E-state index in [9.17, 15) is 4.79 Å². The third-order valence-corrected chi connectivity index (χ3v) is 4.52. The number of hydrogen-bond donors (Lipinski definition) is 0. The van der Waals surface area contributed by atoms with Crippen molar-refractivity contribution in [3.63, 3.8) is 0 Å². The molecule has 1 aromatic heterocycles. The van der Waals surface area contributed by atoms with Crippen molar-refractivity contribution in [2.75, 3.05) is 45.9 Å². The Morgan fingerprint density at radius 2 is 2.05 bits per heavy atom. The van der Waals surface area contributed by atoms with E-state index in [1.54, 1.807) is 18.6 Å². The molecule has 2 saturated heterocycles. The van der Waals surface area contributed by atoms with Crippen molar-refractivity contribution >= 4 is 5.91 Å². The lowest BCUT2D eigenvalue weighted by molar-refractivity contribution is 0.0296. The molecule has 116 valence electrons. The lowest BCUT2D eigenvalue weighted by atomic mass is 10.00. The highest BCUT2D eigenvalue weighted by molar-refractivity contribution is 5.93. The molecule has 1 aromatic rings. The third kappa shape index (κ3) is 3.86. The van der Waals surface area contributed by atoms with Crippen LogP contribution in [-0.4, -0.2) is 61.6 Å². The molecular formula is C16H24N2O3. The molecule has 0 bridgehead atoms. The first-order valence-electron chi connectivity index (χ1n) is 7.94. The molecule has 1 atom stereocenters. The Bertz CT molecular complexity index is 440. The summed E-state index contributed by atoms with van der Waals surface area (Å²) in [5.41, 5.74) is 0.668. The van der Waals surface area contributed by atoms with Gasteiger partial charge in [-0.25, -0.2) is 0 Å².